The summed E-state index contributed by atoms with van der Waals surface area (Å²) in [6.45, 7) is 8.15. The number of esters is 1. The molecule has 0 radical (unpaired) electrons. The molecule has 0 bridgehead atoms. The van der Waals surface area contributed by atoms with E-state index in [-0.39, 0.29) is 28.8 Å². The molecule has 144 valence electrons. The van der Waals surface area contributed by atoms with Crippen molar-refractivity contribution in [1.29, 1.82) is 0 Å². The lowest BCUT2D eigenvalue weighted by molar-refractivity contribution is -0.186. The van der Waals surface area contributed by atoms with Crippen LogP contribution in [0.25, 0.3) is 0 Å². The van der Waals surface area contributed by atoms with Gasteiger partial charge in [0.15, 0.2) is 0 Å². The average Bonchev–Trinajstić information content (AvgIpc) is 2.82. The standard InChI is InChI=1S/C22H32O4/c1-13(23)26-14-7-10-22(4)19-15(8-9-20(22,2)11-14)16-5-6-18(25)21(16,3)12-17(19)24/h14-16,19H,5-12H2,1-4H3/t14-,15-,16-,19+,20-,21+,22-/m0/s1. The number of hydrogen-bond acceptors (Lipinski definition) is 4. The van der Waals surface area contributed by atoms with Gasteiger partial charge in [-0.25, -0.2) is 0 Å². The first-order valence-electron chi connectivity index (χ1n) is 10.3. The number of rotatable bonds is 1. The van der Waals surface area contributed by atoms with E-state index in [9.17, 15) is 14.4 Å². The van der Waals surface area contributed by atoms with E-state index in [1.807, 2.05) is 0 Å². The Balaban J connectivity index is 1.66. The van der Waals surface area contributed by atoms with Crippen molar-refractivity contribution in [2.45, 2.75) is 85.2 Å². The predicted octanol–water partition coefficient (Wildman–Crippen LogP) is 4.10. The van der Waals surface area contributed by atoms with Crippen LogP contribution in [0.1, 0.15) is 79.1 Å². The Morgan fingerprint density at radius 3 is 2.50 bits per heavy atom. The molecule has 0 N–H and O–H groups in total. The second-order valence-electron chi connectivity index (χ2n) is 10.3. The second-order valence-corrected chi connectivity index (χ2v) is 10.3. The van der Waals surface area contributed by atoms with E-state index in [0.29, 0.717) is 36.2 Å². The molecule has 26 heavy (non-hydrogen) atoms. The summed E-state index contributed by atoms with van der Waals surface area (Å²) in [5.41, 5.74) is -0.424. The monoisotopic (exact) mass is 360 g/mol. The Morgan fingerprint density at radius 2 is 1.81 bits per heavy atom. The minimum Gasteiger partial charge on any atom is -0.463 e. The van der Waals surface area contributed by atoms with Crippen molar-refractivity contribution >= 4 is 17.5 Å². The molecule has 7 atom stereocenters. The van der Waals surface area contributed by atoms with Crippen LogP contribution in [0, 0.1) is 34.0 Å². The summed E-state index contributed by atoms with van der Waals surface area (Å²) in [7, 11) is 0. The first-order chi connectivity index (χ1) is 12.1. The Kier molecular flexibility index (Phi) is 3.95. The van der Waals surface area contributed by atoms with E-state index in [0.717, 1.165) is 38.5 Å². The molecule has 0 aromatic heterocycles. The topological polar surface area (TPSA) is 60.4 Å². The number of Topliss-reactive ketones (excluding diaryl/α,β-unsaturated/α-hetero) is 2. The summed E-state index contributed by atoms with van der Waals surface area (Å²) in [6, 6.07) is 0. The number of hydrogen-bond donors (Lipinski definition) is 0. The normalized spacial score (nSPS) is 50.6. The van der Waals surface area contributed by atoms with Crippen molar-refractivity contribution in [3.63, 3.8) is 0 Å². The maximum atomic E-state index is 13.3. The summed E-state index contributed by atoms with van der Waals surface area (Å²) in [5.74, 6) is 1.24. The average molecular weight is 360 g/mol. The summed E-state index contributed by atoms with van der Waals surface area (Å²) < 4.78 is 5.54. The predicted molar refractivity (Wildman–Crippen MR) is 97.3 cm³/mol. The molecule has 0 amide bonds. The largest absolute Gasteiger partial charge is 0.463 e. The lowest BCUT2D eigenvalue weighted by Crippen LogP contribution is -2.61. The first-order valence-corrected chi connectivity index (χ1v) is 10.3. The highest BCUT2D eigenvalue weighted by molar-refractivity contribution is 5.95. The van der Waals surface area contributed by atoms with Crippen molar-refractivity contribution in [2.75, 3.05) is 0 Å². The molecule has 4 nitrogen and oxygen atoms in total. The van der Waals surface area contributed by atoms with Gasteiger partial charge in [0.25, 0.3) is 0 Å². The van der Waals surface area contributed by atoms with Crippen molar-refractivity contribution in [2.24, 2.45) is 34.0 Å². The zero-order valence-corrected chi connectivity index (χ0v) is 16.6. The van der Waals surface area contributed by atoms with Crippen LogP contribution >= 0.6 is 0 Å². The highest BCUT2D eigenvalue weighted by Gasteiger charge is 2.66. The molecule has 0 saturated heterocycles. The van der Waals surface area contributed by atoms with E-state index in [2.05, 4.69) is 20.8 Å². The van der Waals surface area contributed by atoms with Crippen molar-refractivity contribution < 1.29 is 19.1 Å². The summed E-state index contributed by atoms with van der Waals surface area (Å²) in [6.07, 6.45) is 6.79. The van der Waals surface area contributed by atoms with Crippen LogP contribution in [0.15, 0.2) is 0 Å². The maximum absolute atomic E-state index is 13.3. The first kappa shape index (κ1) is 18.2. The van der Waals surface area contributed by atoms with Crippen LogP contribution in [0.3, 0.4) is 0 Å². The fraction of sp³-hybridized carbons (Fsp3) is 0.864. The highest BCUT2D eigenvalue weighted by Crippen LogP contribution is 2.68. The lowest BCUT2D eigenvalue weighted by atomic mass is 9.40. The van der Waals surface area contributed by atoms with Gasteiger partial charge >= 0.3 is 5.97 Å². The number of carbonyl (C=O) groups excluding carboxylic acids is 3. The van der Waals surface area contributed by atoms with Gasteiger partial charge < -0.3 is 4.74 Å². The molecule has 0 aliphatic heterocycles. The molecule has 4 saturated carbocycles. The van der Waals surface area contributed by atoms with Gasteiger partial charge in [0, 0.05) is 31.1 Å². The minimum absolute atomic E-state index is 0.0147. The van der Waals surface area contributed by atoms with Gasteiger partial charge in [-0.1, -0.05) is 20.8 Å². The highest BCUT2D eigenvalue weighted by atomic mass is 16.5. The molecular formula is C22H32O4. The summed E-state index contributed by atoms with van der Waals surface area (Å²) in [5, 5.41) is 0. The molecule has 4 aliphatic rings. The summed E-state index contributed by atoms with van der Waals surface area (Å²) >= 11 is 0. The Hall–Kier alpha value is -1.19. The fourth-order valence-corrected chi connectivity index (χ4v) is 7.49. The smallest absolute Gasteiger partial charge is 0.302 e. The van der Waals surface area contributed by atoms with Crippen LogP contribution in [0.4, 0.5) is 0 Å². The lowest BCUT2D eigenvalue weighted by Gasteiger charge is -2.63. The van der Waals surface area contributed by atoms with Gasteiger partial charge in [0.05, 0.1) is 0 Å². The van der Waals surface area contributed by atoms with Crippen molar-refractivity contribution in [3.8, 4) is 0 Å². The van der Waals surface area contributed by atoms with Gasteiger partial charge in [-0.15, -0.1) is 0 Å². The molecule has 0 aromatic carbocycles. The molecule has 0 aromatic rings. The minimum atomic E-state index is -0.405. The van der Waals surface area contributed by atoms with Crippen LogP contribution in [-0.4, -0.2) is 23.6 Å². The van der Waals surface area contributed by atoms with E-state index in [1.165, 1.54) is 6.92 Å². The van der Waals surface area contributed by atoms with Crippen LogP contribution in [0.2, 0.25) is 0 Å². The number of carbonyl (C=O) groups is 3. The molecule has 4 heteroatoms. The van der Waals surface area contributed by atoms with E-state index >= 15 is 0 Å². The Labute approximate surface area is 156 Å². The number of ketones is 2. The van der Waals surface area contributed by atoms with Gasteiger partial charge in [-0.05, 0) is 61.2 Å². The molecule has 0 unspecified atom stereocenters. The third kappa shape index (κ3) is 2.29. The third-order valence-electron chi connectivity index (χ3n) is 9.06. The molecule has 4 aliphatic carbocycles. The molecule has 0 heterocycles. The molecule has 0 spiro atoms. The maximum Gasteiger partial charge on any atom is 0.302 e. The van der Waals surface area contributed by atoms with Crippen LogP contribution in [0.5, 0.6) is 0 Å². The zero-order chi connectivity index (χ0) is 18.9. The van der Waals surface area contributed by atoms with Gasteiger partial charge in [0.1, 0.15) is 17.7 Å². The molecule has 4 rings (SSSR count). The zero-order valence-electron chi connectivity index (χ0n) is 16.6. The third-order valence-corrected chi connectivity index (χ3v) is 9.06. The van der Waals surface area contributed by atoms with Gasteiger partial charge in [0.2, 0.25) is 0 Å². The number of ether oxygens (including phenoxy) is 1. The van der Waals surface area contributed by atoms with Gasteiger partial charge in [-0.2, -0.15) is 0 Å². The SMILES string of the molecule is CC(=O)O[C@H]1CC[C@@]2(C)[C@H]3C(=O)C[C@@]4(C)C(=O)CC[C@H]4[C@@H]3CC[C@@]2(C)C1. The van der Waals surface area contributed by atoms with E-state index < -0.39 is 5.41 Å². The Bertz CT molecular complexity index is 669. The number of fused-ring (bicyclic) bond motifs is 5. The van der Waals surface area contributed by atoms with Crippen molar-refractivity contribution in [3.05, 3.63) is 0 Å². The molecular weight excluding hydrogens is 328 g/mol. The second kappa shape index (κ2) is 5.65. The Morgan fingerprint density at radius 1 is 1.08 bits per heavy atom. The summed E-state index contributed by atoms with van der Waals surface area (Å²) in [4.78, 5) is 37.3. The van der Waals surface area contributed by atoms with E-state index in [1.54, 1.807) is 0 Å². The fourth-order valence-electron chi connectivity index (χ4n) is 7.49. The van der Waals surface area contributed by atoms with Crippen molar-refractivity contribution in [1.82, 2.24) is 0 Å². The van der Waals surface area contributed by atoms with Gasteiger partial charge in [-0.3, -0.25) is 14.4 Å². The van der Waals surface area contributed by atoms with Crippen LogP contribution in [-0.2, 0) is 19.1 Å². The quantitative estimate of drug-likeness (QED) is 0.661. The molecule has 4 fully saturated rings. The van der Waals surface area contributed by atoms with Crippen LogP contribution < -0.4 is 0 Å². The van der Waals surface area contributed by atoms with E-state index in [4.69, 9.17) is 4.74 Å².